The molecule has 0 aliphatic carbocycles. The number of amides is 1. The number of benzene rings is 1. The summed E-state index contributed by atoms with van der Waals surface area (Å²) in [4.78, 5) is 10.6. The molecule has 13 heavy (non-hydrogen) atoms. The van der Waals surface area contributed by atoms with E-state index in [0.29, 0.717) is 11.6 Å². The van der Waals surface area contributed by atoms with Gasteiger partial charge < -0.3 is 5.32 Å². The van der Waals surface area contributed by atoms with Gasteiger partial charge in [-0.05, 0) is 17.7 Å². The van der Waals surface area contributed by atoms with Crippen LogP contribution in [-0.4, -0.2) is 12.5 Å². The lowest BCUT2D eigenvalue weighted by molar-refractivity contribution is -0.125. The van der Waals surface area contributed by atoms with Gasteiger partial charge in [0.15, 0.2) is 6.61 Å². The first-order valence-corrected chi connectivity index (χ1v) is 4.19. The van der Waals surface area contributed by atoms with Crippen molar-refractivity contribution < 1.29 is 9.90 Å². The predicted molar refractivity (Wildman–Crippen MR) is 48.9 cm³/mol. The number of rotatable bonds is 3. The lowest BCUT2D eigenvalue weighted by Gasteiger charge is -2.02. The Morgan fingerprint density at radius 3 is 2.85 bits per heavy atom. The smallest absolute Gasteiger partial charge is 0.249 e. The van der Waals surface area contributed by atoms with Gasteiger partial charge in [-0.15, -0.1) is 0 Å². The van der Waals surface area contributed by atoms with Crippen LogP contribution in [-0.2, 0) is 16.4 Å². The quantitative estimate of drug-likeness (QED) is 0.784. The summed E-state index contributed by atoms with van der Waals surface area (Å²) in [7, 11) is 0. The topological polar surface area (TPSA) is 49.0 Å². The molecule has 0 aromatic heterocycles. The average molecular weight is 199 g/mol. The molecule has 0 unspecified atom stereocenters. The molecule has 0 fully saturated rings. The number of carbonyl (C=O) groups is 1. The minimum absolute atomic E-state index is 0.349. The number of hydrogen-bond acceptors (Lipinski definition) is 1. The number of carbonyl (C=O) groups excluding carboxylic acids is 1. The molecule has 1 aromatic carbocycles. The van der Waals surface area contributed by atoms with E-state index in [1.807, 2.05) is 6.07 Å². The van der Waals surface area contributed by atoms with Crippen LogP contribution < -0.4 is 5.32 Å². The zero-order valence-electron chi connectivity index (χ0n) is 6.92. The molecule has 1 rings (SSSR count). The van der Waals surface area contributed by atoms with Crippen LogP contribution in [0.15, 0.2) is 24.3 Å². The Bertz CT molecular complexity index is 301. The molecule has 0 aliphatic rings. The highest BCUT2D eigenvalue weighted by atomic mass is 35.5. The highest BCUT2D eigenvalue weighted by Crippen LogP contribution is 2.09. The van der Waals surface area contributed by atoms with Gasteiger partial charge in [-0.1, -0.05) is 23.7 Å². The van der Waals surface area contributed by atoms with E-state index in [9.17, 15) is 9.90 Å². The second-order valence-corrected chi connectivity index (χ2v) is 2.99. The molecule has 69 valence electrons. The molecule has 0 heterocycles. The summed E-state index contributed by atoms with van der Waals surface area (Å²) in [6.45, 7) is -0.387. The molecule has 0 atom stereocenters. The molecule has 3 nitrogen and oxygen atoms in total. The second-order valence-electron chi connectivity index (χ2n) is 2.55. The Morgan fingerprint density at radius 2 is 2.23 bits per heavy atom. The summed E-state index contributed by atoms with van der Waals surface area (Å²) in [6, 6.07) is 7.12. The van der Waals surface area contributed by atoms with Crippen LogP contribution in [0, 0.1) is 0 Å². The van der Waals surface area contributed by atoms with Crippen molar-refractivity contribution in [2.45, 2.75) is 6.54 Å². The first kappa shape index (κ1) is 10.0. The molecule has 0 spiro atoms. The monoisotopic (exact) mass is 198 g/mol. The summed E-state index contributed by atoms with van der Waals surface area (Å²) in [6.07, 6.45) is 0. The summed E-state index contributed by atoms with van der Waals surface area (Å²) >= 11 is 5.72. The maximum atomic E-state index is 10.6. The molecule has 1 aromatic rings. The minimum Gasteiger partial charge on any atom is -0.350 e. The van der Waals surface area contributed by atoms with E-state index >= 15 is 0 Å². The molecular formula is C9H9ClNO2. The van der Waals surface area contributed by atoms with E-state index < -0.39 is 12.5 Å². The van der Waals surface area contributed by atoms with Crippen molar-refractivity contribution in [2.75, 3.05) is 6.61 Å². The maximum absolute atomic E-state index is 10.6. The molecule has 1 radical (unpaired) electrons. The number of nitrogens with one attached hydrogen (secondary N) is 1. The molecule has 1 amide bonds. The van der Waals surface area contributed by atoms with E-state index in [1.165, 1.54) is 0 Å². The van der Waals surface area contributed by atoms with Gasteiger partial charge in [-0.25, -0.2) is 5.11 Å². The van der Waals surface area contributed by atoms with Crippen LogP contribution in [0.4, 0.5) is 0 Å². The van der Waals surface area contributed by atoms with Gasteiger partial charge in [0.05, 0.1) is 0 Å². The Labute approximate surface area is 81.3 Å². The van der Waals surface area contributed by atoms with Crippen LogP contribution in [0.3, 0.4) is 0 Å². The van der Waals surface area contributed by atoms with Gasteiger partial charge in [0.1, 0.15) is 0 Å². The van der Waals surface area contributed by atoms with Crippen molar-refractivity contribution in [3.63, 3.8) is 0 Å². The van der Waals surface area contributed by atoms with Crippen LogP contribution in [0.25, 0.3) is 0 Å². The largest absolute Gasteiger partial charge is 0.350 e. The van der Waals surface area contributed by atoms with Crippen molar-refractivity contribution in [3.8, 4) is 0 Å². The minimum atomic E-state index is -0.736. The van der Waals surface area contributed by atoms with Crippen molar-refractivity contribution in [1.82, 2.24) is 5.32 Å². The van der Waals surface area contributed by atoms with E-state index in [1.54, 1.807) is 18.2 Å². The molecule has 0 saturated heterocycles. The zero-order valence-corrected chi connectivity index (χ0v) is 7.67. The van der Waals surface area contributed by atoms with Crippen LogP contribution >= 0.6 is 11.6 Å². The van der Waals surface area contributed by atoms with Crippen LogP contribution in [0.2, 0.25) is 5.02 Å². The van der Waals surface area contributed by atoms with E-state index in [-0.39, 0.29) is 0 Å². The lowest BCUT2D eigenvalue weighted by Crippen LogP contribution is -2.24. The third kappa shape index (κ3) is 3.44. The lowest BCUT2D eigenvalue weighted by atomic mass is 10.2. The zero-order chi connectivity index (χ0) is 9.68. The van der Waals surface area contributed by atoms with Gasteiger partial charge in [-0.3, -0.25) is 4.79 Å². The standard InChI is InChI=1S/C9H9ClNO2/c10-8-3-1-2-7(4-8)5-11-9(13)6-12/h1-4H,5-6H2,(H,11,13). The van der Waals surface area contributed by atoms with Crippen molar-refractivity contribution in [2.24, 2.45) is 0 Å². The number of halogens is 1. The molecule has 1 N–H and O–H groups in total. The van der Waals surface area contributed by atoms with Gasteiger partial charge in [0, 0.05) is 11.6 Å². The first-order valence-electron chi connectivity index (χ1n) is 3.81. The van der Waals surface area contributed by atoms with Crippen molar-refractivity contribution >= 4 is 17.5 Å². The highest BCUT2D eigenvalue weighted by molar-refractivity contribution is 6.30. The van der Waals surface area contributed by atoms with Crippen LogP contribution in [0.1, 0.15) is 5.56 Å². The summed E-state index contributed by atoms with van der Waals surface area (Å²) < 4.78 is 0. The SMILES string of the molecule is [O]CC(=O)NCc1cccc(Cl)c1. The van der Waals surface area contributed by atoms with Gasteiger partial charge >= 0.3 is 0 Å². The average Bonchev–Trinajstić information content (AvgIpc) is 2.14. The first-order chi connectivity index (χ1) is 6.22. The van der Waals surface area contributed by atoms with Crippen LogP contribution in [0.5, 0.6) is 0 Å². The summed E-state index contributed by atoms with van der Waals surface area (Å²) in [5, 5.41) is 13.2. The fourth-order valence-corrected chi connectivity index (χ4v) is 1.11. The Hall–Kier alpha value is -1.06. The molecule has 0 bridgehead atoms. The van der Waals surface area contributed by atoms with Crippen molar-refractivity contribution in [1.29, 1.82) is 0 Å². The Morgan fingerprint density at radius 1 is 1.46 bits per heavy atom. The summed E-state index contributed by atoms with van der Waals surface area (Å²) in [5.74, 6) is -0.500. The normalized spacial score (nSPS) is 9.69. The maximum Gasteiger partial charge on any atom is 0.249 e. The van der Waals surface area contributed by atoms with E-state index in [2.05, 4.69) is 5.32 Å². The number of hydrogen-bond donors (Lipinski definition) is 1. The molecular weight excluding hydrogens is 190 g/mol. The third-order valence-electron chi connectivity index (χ3n) is 1.51. The van der Waals surface area contributed by atoms with Gasteiger partial charge in [0.2, 0.25) is 5.91 Å². The third-order valence-corrected chi connectivity index (χ3v) is 1.74. The fraction of sp³-hybridized carbons (Fsp3) is 0.222. The Balaban J connectivity index is 2.50. The highest BCUT2D eigenvalue weighted by Gasteiger charge is 1.99. The molecule has 4 heteroatoms. The fourth-order valence-electron chi connectivity index (χ4n) is 0.899. The van der Waals surface area contributed by atoms with Gasteiger partial charge in [0.25, 0.3) is 0 Å². The second kappa shape index (κ2) is 4.84. The van der Waals surface area contributed by atoms with E-state index in [0.717, 1.165) is 5.56 Å². The van der Waals surface area contributed by atoms with Crippen molar-refractivity contribution in [3.05, 3.63) is 34.9 Å². The van der Waals surface area contributed by atoms with E-state index in [4.69, 9.17) is 11.6 Å². The predicted octanol–water partition coefficient (Wildman–Crippen LogP) is 1.39. The molecule has 0 aliphatic heterocycles. The Kier molecular flexibility index (Phi) is 3.73. The van der Waals surface area contributed by atoms with Gasteiger partial charge in [-0.2, -0.15) is 0 Å². The molecule has 0 saturated carbocycles. The summed E-state index contributed by atoms with van der Waals surface area (Å²) in [5.41, 5.74) is 0.884.